The van der Waals surface area contributed by atoms with Gasteiger partial charge in [-0.15, -0.1) is 5.11 Å². The molecule has 0 atom stereocenters. The van der Waals surface area contributed by atoms with Gasteiger partial charge in [0.05, 0.1) is 22.8 Å². The van der Waals surface area contributed by atoms with Crippen LogP contribution in [0.5, 0.6) is 0 Å². The van der Waals surface area contributed by atoms with Crippen molar-refractivity contribution in [3.05, 3.63) is 59.8 Å². The van der Waals surface area contributed by atoms with Gasteiger partial charge in [0.15, 0.2) is 0 Å². The zero-order chi connectivity index (χ0) is 14.8. The van der Waals surface area contributed by atoms with Crippen molar-refractivity contribution in [1.29, 1.82) is 5.26 Å². The molecule has 0 aliphatic carbocycles. The number of benzene rings is 2. The lowest BCUT2D eigenvalue weighted by molar-refractivity contribution is 0.915. The molecule has 3 rings (SSSR count). The van der Waals surface area contributed by atoms with Gasteiger partial charge in [-0.3, -0.25) is 0 Å². The van der Waals surface area contributed by atoms with Crippen LogP contribution < -0.4 is 0 Å². The van der Waals surface area contributed by atoms with Crippen LogP contribution in [0.15, 0.2) is 58.8 Å². The van der Waals surface area contributed by atoms with Gasteiger partial charge in [0.1, 0.15) is 5.69 Å². The highest BCUT2D eigenvalue weighted by atomic mass is 15.1. The maximum Gasteiger partial charge on any atom is 0.114 e. The van der Waals surface area contributed by atoms with E-state index in [1.54, 1.807) is 24.3 Å². The van der Waals surface area contributed by atoms with Gasteiger partial charge in [-0.1, -0.05) is 18.2 Å². The summed E-state index contributed by atoms with van der Waals surface area (Å²) in [5.41, 5.74) is 4.46. The highest BCUT2D eigenvalue weighted by Gasteiger charge is 2.10. The first kappa shape index (κ1) is 13.1. The number of aryl methyl sites for hydroxylation is 1. The normalized spacial score (nSPS) is 11.1. The summed E-state index contributed by atoms with van der Waals surface area (Å²) < 4.78 is 2.11. The van der Waals surface area contributed by atoms with E-state index in [-0.39, 0.29) is 0 Å². The minimum Gasteiger partial charge on any atom is -0.346 e. The maximum absolute atomic E-state index is 8.79. The molecule has 3 aromatic rings. The summed E-state index contributed by atoms with van der Waals surface area (Å²) >= 11 is 0. The molecule has 21 heavy (non-hydrogen) atoms. The summed E-state index contributed by atoms with van der Waals surface area (Å²) in [5, 5.41) is 18.6. The van der Waals surface area contributed by atoms with Crippen LogP contribution in [0.2, 0.25) is 0 Å². The Labute approximate surface area is 123 Å². The van der Waals surface area contributed by atoms with Crippen molar-refractivity contribution in [3.8, 4) is 6.07 Å². The molecular formula is C17H14N4. The summed E-state index contributed by atoms with van der Waals surface area (Å²) in [6, 6.07) is 17.3. The first-order chi connectivity index (χ1) is 10.2. The fourth-order valence-electron chi connectivity index (χ4n) is 2.34. The summed E-state index contributed by atoms with van der Waals surface area (Å²) in [6.07, 6.45) is 0. The third-order valence-electron chi connectivity index (χ3n) is 3.63. The second-order valence-corrected chi connectivity index (χ2v) is 4.87. The van der Waals surface area contributed by atoms with E-state index in [9.17, 15) is 0 Å². The Morgan fingerprint density at radius 3 is 2.43 bits per heavy atom. The molecule has 0 amide bonds. The molecule has 4 heteroatoms. The molecule has 0 radical (unpaired) electrons. The van der Waals surface area contributed by atoms with Gasteiger partial charge in [-0.25, -0.2) is 0 Å². The number of fused-ring (bicyclic) bond motifs is 1. The van der Waals surface area contributed by atoms with Crippen LogP contribution in [0.25, 0.3) is 10.9 Å². The van der Waals surface area contributed by atoms with Crippen LogP contribution in [-0.2, 0) is 7.05 Å². The number of azo groups is 1. The molecule has 102 valence electrons. The number of aromatic nitrogens is 1. The molecule has 0 bridgehead atoms. The molecular weight excluding hydrogens is 260 g/mol. The first-order valence-corrected chi connectivity index (χ1v) is 6.66. The van der Waals surface area contributed by atoms with Crippen LogP contribution in [-0.4, -0.2) is 4.57 Å². The Balaban J connectivity index is 2.03. The predicted octanol–water partition coefficient (Wildman–Crippen LogP) is 4.77. The minimum atomic E-state index is 0.621. The number of nitrogens with zero attached hydrogens (tertiary/aromatic N) is 4. The summed E-state index contributed by atoms with van der Waals surface area (Å²) in [7, 11) is 2.03. The predicted molar refractivity (Wildman–Crippen MR) is 83.0 cm³/mol. The van der Waals surface area contributed by atoms with E-state index >= 15 is 0 Å². The van der Waals surface area contributed by atoms with Gasteiger partial charge in [0, 0.05) is 18.1 Å². The van der Waals surface area contributed by atoms with Crippen molar-refractivity contribution in [2.45, 2.75) is 6.92 Å². The number of hydrogen-bond donors (Lipinski definition) is 0. The lowest BCUT2D eigenvalue weighted by atomic mass is 10.2. The molecule has 0 saturated heterocycles. The highest BCUT2D eigenvalue weighted by molar-refractivity contribution is 5.93. The van der Waals surface area contributed by atoms with Crippen LogP contribution >= 0.6 is 0 Å². The molecule has 1 heterocycles. The molecule has 0 fully saturated rings. The van der Waals surface area contributed by atoms with E-state index in [0.29, 0.717) is 5.56 Å². The van der Waals surface area contributed by atoms with E-state index in [0.717, 1.165) is 28.0 Å². The van der Waals surface area contributed by atoms with Gasteiger partial charge in [0.2, 0.25) is 0 Å². The maximum atomic E-state index is 8.79. The number of para-hydroxylation sites is 1. The highest BCUT2D eigenvalue weighted by Crippen LogP contribution is 2.33. The van der Waals surface area contributed by atoms with E-state index in [2.05, 4.69) is 33.0 Å². The van der Waals surface area contributed by atoms with Gasteiger partial charge >= 0.3 is 0 Å². The molecule has 0 aliphatic heterocycles. The van der Waals surface area contributed by atoms with Crippen LogP contribution in [0.4, 0.5) is 11.4 Å². The average molecular weight is 274 g/mol. The van der Waals surface area contributed by atoms with E-state index in [1.807, 2.05) is 26.1 Å². The standard InChI is InChI=1S/C17H14N4/c1-12-17(15-5-3-4-6-16(15)21(12)2)20-19-14-9-7-13(11-18)8-10-14/h3-10H,1-2H3. The average Bonchev–Trinajstić information content (AvgIpc) is 2.78. The molecule has 0 N–H and O–H groups in total. The fourth-order valence-corrected chi connectivity index (χ4v) is 2.34. The van der Waals surface area contributed by atoms with Gasteiger partial charge < -0.3 is 4.57 Å². The molecule has 2 aromatic carbocycles. The summed E-state index contributed by atoms with van der Waals surface area (Å²) in [4.78, 5) is 0. The smallest absolute Gasteiger partial charge is 0.114 e. The van der Waals surface area contributed by atoms with Crippen LogP contribution in [0, 0.1) is 18.3 Å². The Kier molecular flexibility index (Phi) is 3.25. The second kappa shape index (κ2) is 5.22. The number of hydrogen-bond acceptors (Lipinski definition) is 3. The topological polar surface area (TPSA) is 53.4 Å². The lowest BCUT2D eigenvalue weighted by Crippen LogP contribution is -1.88. The molecule has 0 saturated carbocycles. The number of rotatable bonds is 2. The minimum absolute atomic E-state index is 0.621. The van der Waals surface area contributed by atoms with Crippen molar-refractivity contribution in [2.75, 3.05) is 0 Å². The molecule has 4 nitrogen and oxygen atoms in total. The molecule has 0 unspecified atom stereocenters. The lowest BCUT2D eigenvalue weighted by Gasteiger charge is -1.97. The van der Waals surface area contributed by atoms with E-state index in [4.69, 9.17) is 5.26 Å². The fraction of sp³-hybridized carbons (Fsp3) is 0.118. The number of nitriles is 1. The van der Waals surface area contributed by atoms with Gasteiger partial charge in [0.25, 0.3) is 0 Å². The third-order valence-corrected chi connectivity index (χ3v) is 3.63. The molecule has 1 aromatic heterocycles. The van der Waals surface area contributed by atoms with Crippen molar-refractivity contribution in [2.24, 2.45) is 17.3 Å². The van der Waals surface area contributed by atoms with Crippen molar-refractivity contribution in [3.63, 3.8) is 0 Å². The van der Waals surface area contributed by atoms with Gasteiger partial charge in [-0.05, 0) is 37.3 Å². The SMILES string of the molecule is Cc1c(N=Nc2ccc(C#N)cc2)c2ccccc2n1C. The molecule has 0 spiro atoms. The summed E-state index contributed by atoms with van der Waals surface area (Å²) in [6.45, 7) is 2.03. The van der Waals surface area contributed by atoms with Crippen molar-refractivity contribution < 1.29 is 0 Å². The zero-order valence-corrected chi connectivity index (χ0v) is 11.9. The Bertz CT molecular complexity index is 864. The monoisotopic (exact) mass is 274 g/mol. The molecule has 0 aliphatic rings. The third kappa shape index (κ3) is 2.30. The largest absolute Gasteiger partial charge is 0.346 e. The van der Waals surface area contributed by atoms with Crippen molar-refractivity contribution >= 4 is 22.3 Å². The second-order valence-electron chi connectivity index (χ2n) is 4.87. The quantitative estimate of drug-likeness (QED) is 0.621. The first-order valence-electron chi connectivity index (χ1n) is 6.66. The Morgan fingerprint density at radius 2 is 1.71 bits per heavy atom. The van der Waals surface area contributed by atoms with E-state index in [1.165, 1.54) is 0 Å². The summed E-state index contributed by atoms with van der Waals surface area (Å²) in [5.74, 6) is 0. The Morgan fingerprint density at radius 1 is 1.00 bits per heavy atom. The van der Waals surface area contributed by atoms with Crippen LogP contribution in [0.1, 0.15) is 11.3 Å². The van der Waals surface area contributed by atoms with Gasteiger partial charge in [-0.2, -0.15) is 10.4 Å². The Hall–Kier alpha value is -2.93. The van der Waals surface area contributed by atoms with Crippen LogP contribution in [0.3, 0.4) is 0 Å². The van der Waals surface area contributed by atoms with Crippen molar-refractivity contribution in [1.82, 2.24) is 4.57 Å². The van der Waals surface area contributed by atoms with E-state index < -0.39 is 0 Å². The zero-order valence-electron chi connectivity index (χ0n) is 11.9.